The van der Waals surface area contributed by atoms with Crippen molar-refractivity contribution in [2.75, 3.05) is 6.61 Å². The summed E-state index contributed by atoms with van der Waals surface area (Å²) in [7, 11) is 0. The first kappa shape index (κ1) is 12.2. The van der Waals surface area contributed by atoms with Crippen molar-refractivity contribution in [3.05, 3.63) is 0 Å². The minimum absolute atomic E-state index is 0.00113. The Morgan fingerprint density at radius 2 is 1.95 bits per heavy atom. The molecule has 19 heavy (non-hydrogen) atoms. The molecule has 0 bridgehead atoms. The van der Waals surface area contributed by atoms with Crippen molar-refractivity contribution in [3.63, 3.8) is 0 Å². The Morgan fingerprint density at radius 1 is 1.26 bits per heavy atom. The third kappa shape index (κ3) is 1.03. The van der Waals surface area contributed by atoms with E-state index in [1.165, 1.54) is 0 Å². The first-order valence-electron chi connectivity index (χ1n) is 7.26. The van der Waals surface area contributed by atoms with E-state index in [1.807, 2.05) is 0 Å². The zero-order valence-electron chi connectivity index (χ0n) is 11.8. The molecule has 2 N–H and O–H groups in total. The second-order valence-electron chi connectivity index (χ2n) is 8.25. The lowest BCUT2D eigenvalue weighted by Gasteiger charge is -2.47. The summed E-state index contributed by atoms with van der Waals surface area (Å²) in [5, 5.41) is 21.9. The molecule has 4 fully saturated rings. The highest BCUT2D eigenvalue weighted by molar-refractivity contribution is 5.87. The van der Waals surface area contributed by atoms with Crippen molar-refractivity contribution in [1.82, 2.24) is 0 Å². The second-order valence-corrected chi connectivity index (χ2v) is 8.25. The number of carbonyl (C=O) groups is 1. The van der Waals surface area contributed by atoms with Gasteiger partial charge in [-0.2, -0.15) is 0 Å². The summed E-state index contributed by atoms with van der Waals surface area (Å²) in [4.78, 5) is 12.2. The molecule has 4 aliphatic rings. The Kier molecular flexibility index (Phi) is 1.83. The molecule has 6 atom stereocenters. The van der Waals surface area contributed by atoms with Crippen molar-refractivity contribution in [3.8, 4) is 0 Å². The largest absolute Gasteiger partial charge is 0.464 e. The summed E-state index contributed by atoms with van der Waals surface area (Å²) in [6.45, 7) is 6.45. The molecule has 0 radical (unpaired) electrons. The lowest BCUT2D eigenvalue weighted by molar-refractivity contribution is -0.172. The molecular formula is C15H22O4. The van der Waals surface area contributed by atoms with Crippen LogP contribution in [0.5, 0.6) is 0 Å². The molecule has 1 heterocycles. The number of aliphatic hydroxyl groups is 2. The van der Waals surface area contributed by atoms with E-state index in [-0.39, 0.29) is 29.8 Å². The van der Waals surface area contributed by atoms with Gasteiger partial charge < -0.3 is 14.9 Å². The van der Waals surface area contributed by atoms with E-state index < -0.39 is 22.5 Å². The Hall–Kier alpha value is -0.610. The van der Waals surface area contributed by atoms with Gasteiger partial charge in [0.05, 0.1) is 17.1 Å². The van der Waals surface area contributed by atoms with Gasteiger partial charge in [0.1, 0.15) is 12.0 Å². The van der Waals surface area contributed by atoms with Crippen LogP contribution in [0.4, 0.5) is 0 Å². The first-order valence-corrected chi connectivity index (χ1v) is 7.26. The fourth-order valence-corrected chi connectivity index (χ4v) is 5.81. The number of esters is 1. The van der Waals surface area contributed by atoms with E-state index in [2.05, 4.69) is 13.8 Å². The topological polar surface area (TPSA) is 66.8 Å². The van der Waals surface area contributed by atoms with E-state index in [4.69, 9.17) is 4.74 Å². The van der Waals surface area contributed by atoms with Gasteiger partial charge in [-0.3, -0.25) is 4.79 Å². The number of cyclic esters (lactones) is 1. The molecule has 4 nitrogen and oxygen atoms in total. The molecule has 0 spiro atoms. The van der Waals surface area contributed by atoms with E-state index in [0.717, 1.165) is 12.8 Å². The van der Waals surface area contributed by atoms with Crippen LogP contribution >= 0.6 is 0 Å². The smallest absolute Gasteiger partial charge is 0.315 e. The van der Waals surface area contributed by atoms with Gasteiger partial charge in [-0.1, -0.05) is 13.8 Å². The maximum absolute atomic E-state index is 12.2. The molecule has 0 aromatic heterocycles. The summed E-state index contributed by atoms with van der Waals surface area (Å²) < 4.78 is 5.21. The van der Waals surface area contributed by atoms with E-state index in [0.29, 0.717) is 6.42 Å². The number of rotatable bonds is 0. The van der Waals surface area contributed by atoms with Crippen LogP contribution in [0.25, 0.3) is 0 Å². The van der Waals surface area contributed by atoms with Gasteiger partial charge in [0.2, 0.25) is 0 Å². The maximum Gasteiger partial charge on any atom is 0.315 e. The van der Waals surface area contributed by atoms with Gasteiger partial charge >= 0.3 is 5.97 Å². The molecule has 0 aromatic rings. The second kappa shape index (κ2) is 2.86. The summed E-state index contributed by atoms with van der Waals surface area (Å²) in [6, 6.07) is 0. The molecule has 0 unspecified atom stereocenters. The van der Waals surface area contributed by atoms with Crippen LogP contribution in [0.15, 0.2) is 0 Å². The van der Waals surface area contributed by atoms with Crippen LogP contribution in [0.3, 0.4) is 0 Å². The summed E-state index contributed by atoms with van der Waals surface area (Å²) >= 11 is 0. The van der Waals surface area contributed by atoms with Gasteiger partial charge in [-0.15, -0.1) is 0 Å². The fraction of sp³-hybridized carbons (Fsp3) is 0.933. The van der Waals surface area contributed by atoms with Crippen molar-refractivity contribution in [1.29, 1.82) is 0 Å². The maximum atomic E-state index is 12.2. The van der Waals surface area contributed by atoms with Crippen LogP contribution < -0.4 is 0 Å². The number of hydrogen-bond donors (Lipinski definition) is 2. The third-order valence-corrected chi connectivity index (χ3v) is 6.75. The molecular weight excluding hydrogens is 244 g/mol. The van der Waals surface area contributed by atoms with Crippen molar-refractivity contribution >= 4 is 5.97 Å². The first-order chi connectivity index (χ1) is 8.68. The average molecular weight is 266 g/mol. The lowest BCUT2D eigenvalue weighted by atomic mass is 9.60. The number of ether oxygens (including phenoxy) is 1. The average Bonchev–Trinajstić information content (AvgIpc) is 2.80. The Bertz CT molecular complexity index is 483. The van der Waals surface area contributed by atoms with Gasteiger partial charge in [-0.25, -0.2) is 0 Å². The normalized spacial score (nSPS) is 61.1. The fourth-order valence-electron chi connectivity index (χ4n) is 5.81. The molecule has 1 saturated heterocycles. The number of aliphatic hydroxyl groups excluding tert-OH is 1. The standard InChI is InChI=1S/C15H22O4/c1-12(2)4-8-9(5-12)13(3,18)15-6-14(15,10(8)16)7-19-11(15)17/h8-10,16,18H,4-7H2,1-3H3/t8-,9+,10+,13+,14-,15+/m1/s1. The summed E-state index contributed by atoms with van der Waals surface area (Å²) in [5.74, 6) is -0.200. The molecule has 3 saturated carbocycles. The molecule has 0 amide bonds. The number of hydrogen-bond acceptors (Lipinski definition) is 4. The van der Waals surface area contributed by atoms with Crippen LogP contribution in [-0.2, 0) is 9.53 Å². The van der Waals surface area contributed by atoms with Crippen LogP contribution in [-0.4, -0.2) is 34.5 Å². The third-order valence-electron chi connectivity index (χ3n) is 6.75. The molecule has 3 aliphatic carbocycles. The van der Waals surface area contributed by atoms with Gasteiger partial charge in [0.15, 0.2) is 0 Å². The highest BCUT2D eigenvalue weighted by Crippen LogP contribution is 2.81. The zero-order valence-corrected chi connectivity index (χ0v) is 11.8. The Labute approximate surface area is 113 Å². The van der Waals surface area contributed by atoms with Crippen molar-refractivity contribution in [2.24, 2.45) is 28.1 Å². The Balaban J connectivity index is 1.85. The van der Waals surface area contributed by atoms with Crippen LogP contribution in [0, 0.1) is 28.1 Å². The van der Waals surface area contributed by atoms with Crippen molar-refractivity contribution < 1.29 is 19.7 Å². The van der Waals surface area contributed by atoms with Crippen LogP contribution in [0.2, 0.25) is 0 Å². The lowest BCUT2D eigenvalue weighted by Crippen LogP contribution is -2.58. The molecule has 0 aromatic carbocycles. The quantitative estimate of drug-likeness (QED) is 0.644. The minimum atomic E-state index is -1.04. The number of fused-ring (bicyclic) bond motifs is 1. The van der Waals surface area contributed by atoms with Crippen molar-refractivity contribution in [2.45, 2.75) is 51.7 Å². The molecule has 4 heteroatoms. The minimum Gasteiger partial charge on any atom is -0.464 e. The van der Waals surface area contributed by atoms with E-state index >= 15 is 0 Å². The van der Waals surface area contributed by atoms with Gasteiger partial charge in [0.25, 0.3) is 0 Å². The van der Waals surface area contributed by atoms with Gasteiger partial charge in [0, 0.05) is 0 Å². The van der Waals surface area contributed by atoms with E-state index in [1.54, 1.807) is 6.92 Å². The van der Waals surface area contributed by atoms with Crippen LogP contribution in [0.1, 0.15) is 40.0 Å². The number of carbonyl (C=O) groups excluding carboxylic acids is 1. The SMILES string of the molecule is CC1(C)C[C@H]2[C@H](O)[C@@]34COC(=O)[C@@]3(C4)[C@@](C)(O)[C@H]2C1. The highest BCUT2D eigenvalue weighted by atomic mass is 16.5. The molecule has 1 aliphatic heterocycles. The monoisotopic (exact) mass is 266 g/mol. The summed E-state index contributed by atoms with van der Waals surface area (Å²) in [5.41, 5.74) is -2.25. The zero-order chi connectivity index (χ0) is 13.8. The molecule has 4 rings (SSSR count). The highest BCUT2D eigenvalue weighted by Gasteiger charge is 2.90. The predicted octanol–water partition coefficient (Wildman–Crippen LogP) is 1.10. The predicted molar refractivity (Wildman–Crippen MR) is 67.1 cm³/mol. The van der Waals surface area contributed by atoms with Gasteiger partial charge in [-0.05, 0) is 43.4 Å². The summed E-state index contributed by atoms with van der Waals surface area (Å²) in [6.07, 6.45) is 1.87. The Morgan fingerprint density at radius 3 is 2.63 bits per heavy atom. The molecule has 106 valence electrons. The van der Waals surface area contributed by atoms with E-state index in [9.17, 15) is 15.0 Å².